The van der Waals surface area contributed by atoms with Gasteiger partial charge in [-0.05, 0) is 26.7 Å². The highest BCUT2D eigenvalue weighted by molar-refractivity contribution is 5.82. The molecule has 0 aliphatic carbocycles. The van der Waals surface area contributed by atoms with Crippen molar-refractivity contribution in [2.24, 2.45) is 11.7 Å². The van der Waals surface area contributed by atoms with Gasteiger partial charge in [0.05, 0.1) is 35.0 Å². The number of piperidine rings is 1. The SMILES string of the molecule is CC(C)OC(=O)C[C@@H](NC(=O)[C@H]1CCCN(C(N)=O)C1)c1ccccc1[N+](=O)[O-]. The Bertz CT molecular complexity index is 782. The zero-order valence-electron chi connectivity index (χ0n) is 16.5. The van der Waals surface area contributed by atoms with E-state index in [-0.39, 0.29) is 30.3 Å². The van der Waals surface area contributed by atoms with Crippen LogP contribution in [0.2, 0.25) is 0 Å². The summed E-state index contributed by atoms with van der Waals surface area (Å²) in [4.78, 5) is 48.7. The molecule has 0 unspecified atom stereocenters. The van der Waals surface area contributed by atoms with Gasteiger partial charge in [0.1, 0.15) is 0 Å². The molecular weight excluding hydrogens is 380 g/mol. The molecule has 1 saturated heterocycles. The molecule has 1 aliphatic heterocycles. The van der Waals surface area contributed by atoms with Crippen molar-refractivity contribution in [2.45, 2.75) is 45.3 Å². The standard InChI is InChI=1S/C19H26N4O6/c1-12(2)29-17(24)10-15(14-7-3-4-8-16(14)23(27)28)21-18(25)13-6-5-9-22(11-13)19(20)26/h3-4,7-8,12-13,15H,5-6,9-11H2,1-2H3,(H2,20,26)(H,21,25)/t13-,15+/m0/s1. The lowest BCUT2D eigenvalue weighted by Gasteiger charge is -2.31. The van der Waals surface area contributed by atoms with E-state index >= 15 is 0 Å². The molecule has 29 heavy (non-hydrogen) atoms. The first kappa shape index (κ1) is 22.1. The zero-order chi connectivity index (χ0) is 21.6. The Morgan fingerprint density at radius 2 is 2.03 bits per heavy atom. The molecule has 10 heteroatoms. The van der Waals surface area contributed by atoms with Gasteiger partial charge in [-0.1, -0.05) is 18.2 Å². The first-order chi connectivity index (χ1) is 13.7. The van der Waals surface area contributed by atoms with Crippen molar-refractivity contribution in [1.82, 2.24) is 10.2 Å². The summed E-state index contributed by atoms with van der Waals surface area (Å²) >= 11 is 0. The Morgan fingerprint density at radius 3 is 2.66 bits per heavy atom. The van der Waals surface area contributed by atoms with E-state index in [0.29, 0.717) is 19.4 Å². The number of ether oxygens (including phenoxy) is 1. The van der Waals surface area contributed by atoms with Crippen LogP contribution in [0, 0.1) is 16.0 Å². The number of nitrogens with one attached hydrogen (secondary N) is 1. The summed E-state index contributed by atoms with van der Waals surface area (Å²) < 4.78 is 5.15. The van der Waals surface area contributed by atoms with Crippen LogP contribution in [-0.2, 0) is 14.3 Å². The van der Waals surface area contributed by atoms with E-state index in [4.69, 9.17) is 10.5 Å². The fraction of sp³-hybridized carbons (Fsp3) is 0.526. The number of hydrogen-bond acceptors (Lipinski definition) is 6. The van der Waals surface area contributed by atoms with Crippen LogP contribution in [0.5, 0.6) is 0 Å². The molecule has 2 rings (SSSR count). The van der Waals surface area contributed by atoms with Crippen LogP contribution in [0.4, 0.5) is 10.5 Å². The molecule has 1 aromatic rings. The summed E-state index contributed by atoms with van der Waals surface area (Å²) in [5.74, 6) is -1.48. The number of nitro groups is 1. The molecule has 1 aromatic carbocycles. The number of benzene rings is 1. The van der Waals surface area contributed by atoms with E-state index in [1.54, 1.807) is 19.9 Å². The molecule has 0 radical (unpaired) electrons. The lowest BCUT2D eigenvalue weighted by molar-refractivity contribution is -0.385. The maximum atomic E-state index is 12.8. The lowest BCUT2D eigenvalue weighted by atomic mass is 9.95. The maximum absolute atomic E-state index is 12.8. The summed E-state index contributed by atoms with van der Waals surface area (Å²) in [5, 5.41) is 14.2. The van der Waals surface area contributed by atoms with E-state index in [1.165, 1.54) is 23.1 Å². The Kier molecular flexibility index (Phi) is 7.52. The fourth-order valence-corrected chi connectivity index (χ4v) is 3.35. The fourth-order valence-electron chi connectivity index (χ4n) is 3.35. The Balaban J connectivity index is 2.23. The molecule has 0 spiro atoms. The lowest BCUT2D eigenvalue weighted by Crippen LogP contribution is -2.48. The Labute approximate surface area is 168 Å². The molecule has 1 aliphatic rings. The smallest absolute Gasteiger partial charge is 0.314 e. The van der Waals surface area contributed by atoms with E-state index in [2.05, 4.69) is 5.32 Å². The Hall–Kier alpha value is -3.17. The number of carbonyl (C=O) groups is 3. The van der Waals surface area contributed by atoms with Gasteiger partial charge in [0.15, 0.2) is 0 Å². The number of nitrogens with two attached hydrogens (primary N) is 1. The predicted molar refractivity (Wildman–Crippen MR) is 104 cm³/mol. The minimum atomic E-state index is -0.931. The molecule has 1 fully saturated rings. The topological polar surface area (TPSA) is 145 Å². The molecule has 0 saturated carbocycles. The largest absolute Gasteiger partial charge is 0.463 e. The second-order valence-electron chi connectivity index (χ2n) is 7.24. The number of nitro benzene ring substituents is 1. The summed E-state index contributed by atoms with van der Waals surface area (Å²) in [6.07, 6.45) is 0.565. The number of esters is 1. The summed E-state index contributed by atoms with van der Waals surface area (Å²) in [7, 11) is 0. The average molecular weight is 406 g/mol. The number of urea groups is 1. The molecule has 0 aromatic heterocycles. The van der Waals surface area contributed by atoms with Crippen molar-refractivity contribution < 1.29 is 24.0 Å². The van der Waals surface area contributed by atoms with Crippen LogP contribution in [0.15, 0.2) is 24.3 Å². The summed E-state index contributed by atoms with van der Waals surface area (Å²) in [5.41, 5.74) is 5.33. The predicted octanol–water partition coefficient (Wildman–Crippen LogP) is 1.88. The van der Waals surface area contributed by atoms with Crippen LogP contribution < -0.4 is 11.1 Å². The van der Waals surface area contributed by atoms with Crippen molar-refractivity contribution >= 4 is 23.6 Å². The first-order valence-electron chi connectivity index (χ1n) is 9.46. The minimum Gasteiger partial charge on any atom is -0.463 e. The number of nitrogens with zero attached hydrogens (tertiary/aromatic N) is 2. The monoisotopic (exact) mass is 406 g/mol. The van der Waals surface area contributed by atoms with Gasteiger partial charge in [0, 0.05) is 19.2 Å². The average Bonchev–Trinajstić information content (AvgIpc) is 2.66. The van der Waals surface area contributed by atoms with Gasteiger partial charge in [-0.3, -0.25) is 19.7 Å². The van der Waals surface area contributed by atoms with Crippen LogP contribution in [0.25, 0.3) is 0 Å². The third-order valence-corrected chi connectivity index (χ3v) is 4.67. The highest BCUT2D eigenvalue weighted by Gasteiger charge is 2.32. The van der Waals surface area contributed by atoms with Crippen molar-refractivity contribution in [2.75, 3.05) is 13.1 Å². The van der Waals surface area contributed by atoms with Gasteiger partial charge < -0.3 is 20.7 Å². The second kappa shape index (κ2) is 9.85. The number of hydrogen-bond donors (Lipinski definition) is 2. The van der Waals surface area contributed by atoms with Gasteiger partial charge in [0.25, 0.3) is 5.69 Å². The van der Waals surface area contributed by atoms with Gasteiger partial charge in [0.2, 0.25) is 5.91 Å². The normalized spacial score (nSPS) is 17.5. The van der Waals surface area contributed by atoms with Crippen LogP contribution >= 0.6 is 0 Å². The van der Waals surface area contributed by atoms with Crippen molar-refractivity contribution in [3.05, 3.63) is 39.9 Å². The highest BCUT2D eigenvalue weighted by Crippen LogP contribution is 2.28. The second-order valence-corrected chi connectivity index (χ2v) is 7.24. The van der Waals surface area contributed by atoms with E-state index in [0.717, 1.165) is 0 Å². The quantitative estimate of drug-likeness (QED) is 0.402. The third kappa shape index (κ3) is 6.16. The van der Waals surface area contributed by atoms with E-state index < -0.39 is 34.8 Å². The molecule has 3 amide bonds. The molecule has 10 nitrogen and oxygen atoms in total. The van der Waals surface area contributed by atoms with E-state index in [1.807, 2.05) is 0 Å². The summed E-state index contributed by atoms with van der Waals surface area (Å²) in [6.45, 7) is 4.03. The zero-order valence-corrected chi connectivity index (χ0v) is 16.5. The molecule has 3 N–H and O–H groups in total. The molecule has 0 bridgehead atoms. The van der Waals surface area contributed by atoms with Gasteiger partial charge in [-0.2, -0.15) is 0 Å². The van der Waals surface area contributed by atoms with Crippen LogP contribution in [-0.4, -0.2) is 46.9 Å². The van der Waals surface area contributed by atoms with Crippen LogP contribution in [0.1, 0.15) is 44.7 Å². The summed E-state index contributed by atoms with van der Waals surface area (Å²) in [6, 6.07) is 4.40. The number of para-hydroxylation sites is 1. The highest BCUT2D eigenvalue weighted by atomic mass is 16.6. The third-order valence-electron chi connectivity index (χ3n) is 4.67. The maximum Gasteiger partial charge on any atom is 0.314 e. The van der Waals surface area contributed by atoms with Gasteiger partial charge in [-0.15, -0.1) is 0 Å². The number of carbonyl (C=O) groups excluding carboxylic acids is 3. The molecule has 1 heterocycles. The molecular formula is C19H26N4O6. The number of amides is 3. The van der Waals surface area contributed by atoms with Crippen molar-refractivity contribution in [3.8, 4) is 0 Å². The Morgan fingerprint density at radius 1 is 1.34 bits per heavy atom. The number of primary amides is 1. The van der Waals surface area contributed by atoms with Crippen molar-refractivity contribution in [3.63, 3.8) is 0 Å². The van der Waals surface area contributed by atoms with E-state index in [9.17, 15) is 24.5 Å². The molecule has 2 atom stereocenters. The number of likely N-dealkylation sites (tertiary alicyclic amines) is 1. The first-order valence-corrected chi connectivity index (χ1v) is 9.46. The van der Waals surface area contributed by atoms with Crippen LogP contribution in [0.3, 0.4) is 0 Å². The van der Waals surface area contributed by atoms with Crippen molar-refractivity contribution in [1.29, 1.82) is 0 Å². The number of rotatable bonds is 7. The minimum absolute atomic E-state index is 0.168. The molecule has 158 valence electrons. The van der Waals surface area contributed by atoms with Gasteiger partial charge >= 0.3 is 12.0 Å². The van der Waals surface area contributed by atoms with Gasteiger partial charge in [-0.25, -0.2) is 4.79 Å².